The number of carbonyl (C=O) groups excluding carboxylic acids is 1. The van der Waals surface area contributed by atoms with Crippen molar-refractivity contribution in [3.63, 3.8) is 0 Å². The second-order valence-electron chi connectivity index (χ2n) is 5.61. The molecule has 0 radical (unpaired) electrons. The van der Waals surface area contributed by atoms with E-state index in [-0.39, 0.29) is 12.0 Å². The lowest BCUT2D eigenvalue weighted by Gasteiger charge is -2.27. The van der Waals surface area contributed by atoms with E-state index in [1.54, 1.807) is 31.2 Å². The van der Waals surface area contributed by atoms with Crippen LogP contribution in [0.25, 0.3) is 0 Å². The van der Waals surface area contributed by atoms with Crippen molar-refractivity contribution in [2.45, 2.75) is 19.1 Å². The molecule has 2 aromatic carbocycles. The smallest absolute Gasteiger partial charge is 0.260 e. The number of para-hydroxylation sites is 3. The predicted octanol–water partition coefficient (Wildman–Crippen LogP) is 2.28. The number of fused-ring (bicyclic) bond motifs is 1. The van der Waals surface area contributed by atoms with Crippen LogP contribution in [-0.4, -0.2) is 31.3 Å². The Bertz CT molecular complexity index is 800. The summed E-state index contributed by atoms with van der Waals surface area (Å²) >= 11 is 0. The SMILES string of the molecule is CC(Oc1ccccc1C#N)C(=O)NCC1COc2ccccc2O1. The average molecular weight is 338 g/mol. The number of nitriles is 1. The Labute approximate surface area is 145 Å². The minimum absolute atomic E-state index is 0.266. The van der Waals surface area contributed by atoms with Crippen LogP contribution in [0.2, 0.25) is 0 Å². The van der Waals surface area contributed by atoms with Gasteiger partial charge in [-0.1, -0.05) is 24.3 Å². The van der Waals surface area contributed by atoms with Gasteiger partial charge in [-0.25, -0.2) is 0 Å². The fourth-order valence-electron chi connectivity index (χ4n) is 2.43. The monoisotopic (exact) mass is 338 g/mol. The van der Waals surface area contributed by atoms with Crippen LogP contribution in [0.5, 0.6) is 17.2 Å². The molecule has 1 heterocycles. The summed E-state index contributed by atoms with van der Waals surface area (Å²) in [6.45, 7) is 2.31. The molecule has 0 spiro atoms. The number of benzene rings is 2. The molecule has 1 aliphatic rings. The molecule has 25 heavy (non-hydrogen) atoms. The molecule has 0 saturated carbocycles. The number of carbonyl (C=O) groups is 1. The van der Waals surface area contributed by atoms with E-state index in [4.69, 9.17) is 19.5 Å². The van der Waals surface area contributed by atoms with Crippen molar-refractivity contribution in [3.8, 4) is 23.3 Å². The van der Waals surface area contributed by atoms with Crippen molar-refractivity contribution in [2.24, 2.45) is 0 Å². The van der Waals surface area contributed by atoms with E-state index < -0.39 is 6.10 Å². The molecule has 1 aliphatic heterocycles. The summed E-state index contributed by atoms with van der Waals surface area (Å²) in [6.07, 6.45) is -0.997. The van der Waals surface area contributed by atoms with E-state index in [1.165, 1.54) is 0 Å². The molecule has 2 unspecified atom stereocenters. The first-order valence-corrected chi connectivity index (χ1v) is 7.99. The summed E-state index contributed by atoms with van der Waals surface area (Å²) in [5, 5.41) is 11.9. The molecule has 2 aromatic rings. The van der Waals surface area contributed by atoms with E-state index in [2.05, 4.69) is 5.32 Å². The van der Waals surface area contributed by atoms with Gasteiger partial charge in [0.2, 0.25) is 0 Å². The average Bonchev–Trinajstić information content (AvgIpc) is 2.66. The van der Waals surface area contributed by atoms with E-state index in [0.717, 1.165) is 0 Å². The summed E-state index contributed by atoms with van der Waals surface area (Å²) < 4.78 is 17.0. The second kappa shape index (κ2) is 7.58. The van der Waals surface area contributed by atoms with Crippen molar-refractivity contribution >= 4 is 5.91 Å². The predicted molar refractivity (Wildman–Crippen MR) is 90.6 cm³/mol. The quantitative estimate of drug-likeness (QED) is 0.905. The van der Waals surface area contributed by atoms with E-state index in [9.17, 15) is 4.79 Å². The summed E-state index contributed by atoms with van der Waals surface area (Å²) in [7, 11) is 0. The zero-order chi connectivity index (χ0) is 17.6. The third kappa shape index (κ3) is 4.01. The number of hydrogen-bond donors (Lipinski definition) is 1. The van der Waals surface area contributed by atoms with Gasteiger partial charge >= 0.3 is 0 Å². The molecule has 0 aromatic heterocycles. The van der Waals surface area contributed by atoms with Gasteiger partial charge in [0.1, 0.15) is 24.5 Å². The minimum atomic E-state index is -0.730. The maximum Gasteiger partial charge on any atom is 0.260 e. The Hall–Kier alpha value is -3.20. The molecule has 0 bridgehead atoms. The molecule has 1 N–H and O–H groups in total. The third-order valence-corrected chi connectivity index (χ3v) is 3.75. The number of rotatable bonds is 5. The van der Waals surface area contributed by atoms with Crippen LogP contribution < -0.4 is 19.5 Å². The molecule has 1 amide bonds. The van der Waals surface area contributed by atoms with Crippen molar-refractivity contribution in [3.05, 3.63) is 54.1 Å². The molecule has 2 atom stereocenters. The van der Waals surface area contributed by atoms with Gasteiger partial charge < -0.3 is 19.5 Å². The summed E-state index contributed by atoms with van der Waals surface area (Å²) in [5.41, 5.74) is 0.391. The van der Waals surface area contributed by atoms with E-state index in [1.807, 2.05) is 30.3 Å². The highest BCUT2D eigenvalue weighted by molar-refractivity contribution is 5.80. The van der Waals surface area contributed by atoms with Gasteiger partial charge in [-0.15, -0.1) is 0 Å². The molecule has 3 rings (SSSR count). The molecule has 0 fully saturated rings. The number of nitrogens with one attached hydrogen (secondary N) is 1. The van der Waals surface area contributed by atoms with Crippen LogP contribution in [0.4, 0.5) is 0 Å². The van der Waals surface area contributed by atoms with Gasteiger partial charge in [-0.2, -0.15) is 5.26 Å². The molecule has 6 nitrogen and oxygen atoms in total. The topological polar surface area (TPSA) is 80.6 Å². The van der Waals surface area contributed by atoms with Gasteiger partial charge in [0, 0.05) is 0 Å². The molecular weight excluding hydrogens is 320 g/mol. The van der Waals surface area contributed by atoms with E-state index in [0.29, 0.717) is 36.0 Å². The van der Waals surface area contributed by atoms with E-state index >= 15 is 0 Å². The molecular formula is C19H18N2O4. The highest BCUT2D eigenvalue weighted by Gasteiger charge is 2.23. The Morgan fingerprint density at radius 2 is 2.00 bits per heavy atom. The van der Waals surface area contributed by atoms with Gasteiger partial charge in [-0.05, 0) is 31.2 Å². The first-order valence-electron chi connectivity index (χ1n) is 7.99. The van der Waals surface area contributed by atoms with Crippen LogP contribution in [-0.2, 0) is 4.79 Å². The fraction of sp³-hybridized carbons (Fsp3) is 0.263. The van der Waals surface area contributed by atoms with Gasteiger partial charge in [0.05, 0.1) is 12.1 Å². The second-order valence-corrected chi connectivity index (χ2v) is 5.61. The lowest BCUT2D eigenvalue weighted by atomic mass is 10.2. The summed E-state index contributed by atoms with van der Waals surface area (Å²) in [5.74, 6) is 1.48. The van der Waals surface area contributed by atoms with Crippen molar-refractivity contribution in [2.75, 3.05) is 13.2 Å². The molecule has 6 heteroatoms. The number of amides is 1. The Morgan fingerprint density at radius 1 is 1.28 bits per heavy atom. The summed E-state index contributed by atoms with van der Waals surface area (Å²) in [4.78, 5) is 12.2. The van der Waals surface area contributed by atoms with Crippen LogP contribution in [0.1, 0.15) is 12.5 Å². The van der Waals surface area contributed by atoms with Gasteiger partial charge in [0.25, 0.3) is 5.91 Å². The molecule has 128 valence electrons. The Kier molecular flexibility index (Phi) is 5.05. The van der Waals surface area contributed by atoms with Crippen molar-refractivity contribution in [1.82, 2.24) is 5.32 Å². The Balaban J connectivity index is 1.52. The Morgan fingerprint density at radius 3 is 2.80 bits per heavy atom. The van der Waals surface area contributed by atoms with Gasteiger partial charge in [0.15, 0.2) is 17.6 Å². The maximum absolute atomic E-state index is 12.2. The normalized spacial score (nSPS) is 16.4. The number of nitrogens with zero attached hydrogens (tertiary/aromatic N) is 1. The number of hydrogen-bond acceptors (Lipinski definition) is 5. The van der Waals surface area contributed by atoms with Crippen molar-refractivity contribution in [1.29, 1.82) is 5.26 Å². The summed E-state index contributed by atoms with van der Waals surface area (Å²) in [6, 6.07) is 16.3. The van der Waals surface area contributed by atoms with Crippen LogP contribution in [0.3, 0.4) is 0 Å². The highest BCUT2D eigenvalue weighted by atomic mass is 16.6. The number of ether oxygens (including phenoxy) is 3. The lowest BCUT2D eigenvalue weighted by molar-refractivity contribution is -0.127. The first kappa shape index (κ1) is 16.7. The van der Waals surface area contributed by atoms with Crippen LogP contribution in [0.15, 0.2) is 48.5 Å². The first-order chi connectivity index (χ1) is 12.2. The van der Waals surface area contributed by atoms with Gasteiger partial charge in [-0.3, -0.25) is 4.79 Å². The highest BCUT2D eigenvalue weighted by Crippen LogP contribution is 2.30. The third-order valence-electron chi connectivity index (χ3n) is 3.75. The lowest BCUT2D eigenvalue weighted by Crippen LogP contribution is -2.44. The van der Waals surface area contributed by atoms with Crippen molar-refractivity contribution < 1.29 is 19.0 Å². The largest absolute Gasteiger partial charge is 0.486 e. The van der Waals surface area contributed by atoms with Crippen LogP contribution >= 0.6 is 0 Å². The molecule has 0 saturated heterocycles. The zero-order valence-corrected chi connectivity index (χ0v) is 13.8. The molecule has 0 aliphatic carbocycles. The fourth-order valence-corrected chi connectivity index (χ4v) is 2.43. The van der Waals surface area contributed by atoms with Crippen LogP contribution in [0, 0.1) is 11.3 Å². The maximum atomic E-state index is 12.2. The minimum Gasteiger partial charge on any atom is -0.486 e. The standard InChI is InChI=1S/C19H18N2O4/c1-13(24-16-7-3-2-6-14(16)10-20)19(22)21-11-15-12-23-17-8-4-5-9-18(17)25-15/h2-9,13,15H,11-12H2,1H3,(H,21,22). The zero-order valence-electron chi connectivity index (χ0n) is 13.8.